The molecule has 0 bridgehead atoms. The molecule has 0 heterocycles. The number of ether oxygens (including phenoxy) is 1. The number of hydrogen-bond acceptors (Lipinski definition) is 3. The van der Waals surface area contributed by atoms with E-state index in [-0.39, 0.29) is 23.8 Å². The van der Waals surface area contributed by atoms with Crippen molar-refractivity contribution < 1.29 is 14.3 Å². The molecule has 0 fully saturated rings. The molecule has 0 saturated heterocycles. The second-order valence-corrected chi connectivity index (χ2v) is 8.88. The van der Waals surface area contributed by atoms with Gasteiger partial charge in [-0.1, -0.05) is 30.3 Å². The summed E-state index contributed by atoms with van der Waals surface area (Å²) >= 11 is 0. The summed E-state index contributed by atoms with van der Waals surface area (Å²) in [6.07, 6.45) is 0.254. The molecular weight excluding hydrogens is 376 g/mol. The number of nitrogens with one attached hydrogen (secondary N) is 1. The predicted molar refractivity (Wildman–Crippen MR) is 121 cm³/mol. The van der Waals surface area contributed by atoms with Gasteiger partial charge in [0.1, 0.15) is 11.8 Å². The van der Waals surface area contributed by atoms with Gasteiger partial charge in [-0.15, -0.1) is 0 Å². The Balaban J connectivity index is 2.26. The number of methoxy groups -OCH3 is 1. The first kappa shape index (κ1) is 23.5. The second kappa shape index (κ2) is 9.79. The lowest BCUT2D eigenvalue weighted by atomic mass is 10.0. The maximum Gasteiger partial charge on any atom is 0.242 e. The Morgan fingerprint density at radius 2 is 1.60 bits per heavy atom. The van der Waals surface area contributed by atoms with Crippen molar-refractivity contribution in [2.24, 2.45) is 0 Å². The van der Waals surface area contributed by atoms with Gasteiger partial charge in [0.05, 0.1) is 13.5 Å². The molecule has 0 aliphatic rings. The summed E-state index contributed by atoms with van der Waals surface area (Å²) in [6.45, 7) is 12.0. The average Bonchev–Trinajstić information content (AvgIpc) is 2.67. The standard InChI is InChI=1S/C25H34N2O3/c1-17-8-9-21(14-18(17)2)15-23(28)27(19(3)24(29)26-25(4,5)6)16-20-10-12-22(30-7)13-11-20/h8-14,19H,15-16H2,1-7H3,(H,26,29)/t19-/m0/s1. The highest BCUT2D eigenvalue weighted by Gasteiger charge is 2.28. The molecule has 2 rings (SSSR count). The molecule has 0 radical (unpaired) electrons. The van der Waals surface area contributed by atoms with Gasteiger partial charge in [0.25, 0.3) is 0 Å². The van der Waals surface area contributed by atoms with Crippen molar-refractivity contribution in [2.75, 3.05) is 7.11 Å². The van der Waals surface area contributed by atoms with Crippen molar-refractivity contribution in [2.45, 2.75) is 66.1 Å². The predicted octanol–water partition coefficient (Wildman–Crippen LogP) is 4.19. The van der Waals surface area contributed by atoms with Gasteiger partial charge in [0, 0.05) is 12.1 Å². The van der Waals surface area contributed by atoms with Gasteiger partial charge < -0.3 is 15.0 Å². The molecule has 5 heteroatoms. The minimum Gasteiger partial charge on any atom is -0.497 e. The quantitative estimate of drug-likeness (QED) is 0.745. The largest absolute Gasteiger partial charge is 0.497 e. The number of carbonyl (C=O) groups excluding carboxylic acids is 2. The van der Waals surface area contributed by atoms with Crippen LogP contribution in [-0.2, 0) is 22.6 Å². The minimum atomic E-state index is -0.592. The van der Waals surface area contributed by atoms with Gasteiger partial charge in [-0.05, 0) is 75.9 Å². The van der Waals surface area contributed by atoms with Crippen LogP contribution < -0.4 is 10.1 Å². The lowest BCUT2D eigenvalue weighted by molar-refractivity contribution is -0.140. The Bertz CT molecular complexity index is 882. The first-order valence-corrected chi connectivity index (χ1v) is 10.3. The zero-order valence-corrected chi connectivity index (χ0v) is 19.2. The van der Waals surface area contributed by atoms with Crippen molar-refractivity contribution in [1.82, 2.24) is 10.2 Å². The molecule has 1 atom stereocenters. The van der Waals surface area contributed by atoms with E-state index >= 15 is 0 Å². The number of rotatable bonds is 7. The van der Waals surface area contributed by atoms with Crippen LogP contribution in [0.2, 0.25) is 0 Å². The summed E-state index contributed by atoms with van der Waals surface area (Å²) in [5.74, 6) is 0.514. The van der Waals surface area contributed by atoms with Crippen LogP contribution in [0.15, 0.2) is 42.5 Å². The SMILES string of the molecule is COc1ccc(CN(C(=O)Cc2ccc(C)c(C)c2)[C@@H](C)C(=O)NC(C)(C)C)cc1. The van der Waals surface area contributed by atoms with Gasteiger partial charge in [0.15, 0.2) is 0 Å². The van der Waals surface area contributed by atoms with E-state index in [9.17, 15) is 9.59 Å². The summed E-state index contributed by atoms with van der Waals surface area (Å²) in [6, 6.07) is 13.0. The number of hydrogen-bond donors (Lipinski definition) is 1. The summed E-state index contributed by atoms with van der Waals surface area (Å²) in [5, 5.41) is 2.99. The number of amides is 2. The summed E-state index contributed by atoms with van der Waals surface area (Å²) in [7, 11) is 1.62. The molecule has 5 nitrogen and oxygen atoms in total. The van der Waals surface area contributed by atoms with Crippen LogP contribution >= 0.6 is 0 Å². The molecule has 0 aromatic heterocycles. The minimum absolute atomic E-state index is 0.0781. The first-order valence-electron chi connectivity index (χ1n) is 10.3. The Morgan fingerprint density at radius 1 is 1.00 bits per heavy atom. The topological polar surface area (TPSA) is 58.6 Å². The van der Waals surface area contributed by atoms with Gasteiger partial charge in [-0.3, -0.25) is 9.59 Å². The Labute approximate surface area is 180 Å². The Hall–Kier alpha value is -2.82. The van der Waals surface area contributed by atoms with Crippen LogP contribution in [0.5, 0.6) is 5.75 Å². The first-order chi connectivity index (χ1) is 14.0. The Kier molecular flexibility index (Phi) is 7.65. The second-order valence-electron chi connectivity index (χ2n) is 8.88. The molecule has 0 saturated carbocycles. The van der Waals surface area contributed by atoms with Crippen LogP contribution in [0.4, 0.5) is 0 Å². The molecule has 2 aromatic carbocycles. The van der Waals surface area contributed by atoms with Crippen molar-refractivity contribution in [1.29, 1.82) is 0 Å². The summed E-state index contributed by atoms with van der Waals surface area (Å²) < 4.78 is 5.22. The number of aryl methyl sites for hydroxylation is 2. The fraction of sp³-hybridized carbons (Fsp3) is 0.440. The van der Waals surface area contributed by atoms with Crippen molar-refractivity contribution in [3.63, 3.8) is 0 Å². The average molecular weight is 411 g/mol. The van der Waals surface area contributed by atoms with Crippen molar-refractivity contribution in [3.8, 4) is 5.75 Å². The van der Waals surface area contributed by atoms with Crippen molar-refractivity contribution >= 4 is 11.8 Å². The van der Waals surface area contributed by atoms with E-state index in [1.807, 2.05) is 70.2 Å². The van der Waals surface area contributed by atoms with E-state index in [1.54, 1.807) is 18.9 Å². The molecule has 2 aromatic rings. The van der Waals surface area contributed by atoms with E-state index in [1.165, 1.54) is 5.56 Å². The fourth-order valence-corrected chi connectivity index (χ4v) is 3.17. The van der Waals surface area contributed by atoms with E-state index < -0.39 is 6.04 Å². The summed E-state index contributed by atoms with van der Waals surface area (Å²) in [4.78, 5) is 27.7. The molecule has 0 unspecified atom stereocenters. The molecule has 0 aliphatic carbocycles. The third-order valence-electron chi connectivity index (χ3n) is 5.10. The molecule has 162 valence electrons. The zero-order chi connectivity index (χ0) is 22.5. The maximum atomic E-state index is 13.3. The number of nitrogens with zero attached hydrogens (tertiary/aromatic N) is 1. The number of benzene rings is 2. The number of carbonyl (C=O) groups is 2. The highest BCUT2D eigenvalue weighted by atomic mass is 16.5. The molecule has 2 amide bonds. The van der Waals surface area contributed by atoms with Crippen LogP contribution in [-0.4, -0.2) is 35.4 Å². The highest BCUT2D eigenvalue weighted by Crippen LogP contribution is 2.17. The lowest BCUT2D eigenvalue weighted by Gasteiger charge is -2.31. The van der Waals surface area contributed by atoms with Gasteiger partial charge >= 0.3 is 0 Å². The van der Waals surface area contributed by atoms with Gasteiger partial charge in [0.2, 0.25) is 11.8 Å². The molecule has 0 aliphatic heterocycles. The highest BCUT2D eigenvalue weighted by molar-refractivity contribution is 5.88. The van der Waals surface area contributed by atoms with Gasteiger partial charge in [-0.25, -0.2) is 0 Å². The van der Waals surface area contributed by atoms with Crippen LogP contribution in [0.25, 0.3) is 0 Å². The van der Waals surface area contributed by atoms with Crippen LogP contribution in [0, 0.1) is 13.8 Å². The molecule has 0 spiro atoms. The Morgan fingerprint density at radius 3 is 2.13 bits per heavy atom. The molecule has 1 N–H and O–H groups in total. The normalized spacial score (nSPS) is 12.2. The third kappa shape index (κ3) is 6.61. The fourth-order valence-electron chi connectivity index (χ4n) is 3.17. The monoisotopic (exact) mass is 410 g/mol. The third-order valence-corrected chi connectivity index (χ3v) is 5.10. The van der Waals surface area contributed by atoms with Crippen LogP contribution in [0.3, 0.4) is 0 Å². The zero-order valence-electron chi connectivity index (χ0n) is 19.2. The van der Waals surface area contributed by atoms with Crippen molar-refractivity contribution in [3.05, 3.63) is 64.7 Å². The maximum absolute atomic E-state index is 13.3. The molecular formula is C25H34N2O3. The smallest absolute Gasteiger partial charge is 0.242 e. The van der Waals surface area contributed by atoms with E-state index in [4.69, 9.17) is 4.74 Å². The van der Waals surface area contributed by atoms with E-state index in [0.29, 0.717) is 6.54 Å². The van der Waals surface area contributed by atoms with E-state index in [2.05, 4.69) is 12.2 Å². The van der Waals surface area contributed by atoms with Crippen LogP contribution in [0.1, 0.15) is 49.9 Å². The molecule has 30 heavy (non-hydrogen) atoms. The van der Waals surface area contributed by atoms with E-state index in [0.717, 1.165) is 22.4 Å². The van der Waals surface area contributed by atoms with Gasteiger partial charge in [-0.2, -0.15) is 0 Å². The summed E-state index contributed by atoms with van der Waals surface area (Å²) in [5.41, 5.74) is 3.87. The lowest BCUT2D eigenvalue weighted by Crippen LogP contribution is -2.52.